The summed E-state index contributed by atoms with van der Waals surface area (Å²) in [5, 5.41) is 8.10. The minimum atomic E-state index is 1.07. The second-order valence-electron chi connectivity index (χ2n) is 1.57. The van der Waals surface area contributed by atoms with Crippen molar-refractivity contribution in [2.24, 2.45) is 0 Å². The van der Waals surface area contributed by atoms with Gasteiger partial charge in [-0.25, -0.2) is 0 Å². The molecule has 6 heavy (non-hydrogen) atoms. The quantitative estimate of drug-likeness (QED) is 0.460. The number of rotatable bonds is 1. The van der Waals surface area contributed by atoms with Crippen LogP contribution >= 0.6 is 0 Å². The zero-order chi connectivity index (χ0) is 4.41. The Morgan fingerprint density at radius 2 is 2.17 bits per heavy atom. The van der Waals surface area contributed by atoms with Gasteiger partial charge < -0.3 is 5.21 Å². The van der Waals surface area contributed by atoms with E-state index in [4.69, 9.17) is 5.21 Å². The lowest BCUT2D eigenvalue weighted by atomic mass is 9.94. The van der Waals surface area contributed by atoms with Gasteiger partial charge in [-0.15, -0.1) is 0 Å². The van der Waals surface area contributed by atoms with Crippen molar-refractivity contribution in [1.29, 1.82) is 0 Å². The van der Waals surface area contributed by atoms with Crippen molar-refractivity contribution < 1.29 is 5.21 Å². The van der Waals surface area contributed by atoms with Crippen LogP contribution in [-0.2, 0) is 0 Å². The lowest BCUT2D eigenvalue weighted by Crippen LogP contribution is -2.23. The maximum atomic E-state index is 8.10. The fourth-order valence-electron chi connectivity index (χ4n) is 0.465. The Labute approximate surface area is 37.1 Å². The van der Waals surface area contributed by atoms with E-state index in [2.05, 4.69) is 5.48 Å². The van der Waals surface area contributed by atoms with Gasteiger partial charge in [0.25, 0.3) is 0 Å². The summed E-state index contributed by atoms with van der Waals surface area (Å²) in [4.78, 5) is 0. The van der Waals surface area contributed by atoms with Crippen LogP contribution in [0.3, 0.4) is 0 Å². The average Bonchev–Trinajstić information content (AvgIpc) is 1.31. The highest BCUT2D eigenvalue weighted by Crippen LogP contribution is 2.24. The van der Waals surface area contributed by atoms with E-state index in [0.29, 0.717) is 0 Å². The summed E-state index contributed by atoms with van der Waals surface area (Å²) in [7, 11) is 0. The summed E-state index contributed by atoms with van der Waals surface area (Å²) in [6.45, 7) is 0. The Morgan fingerprint density at radius 1 is 1.50 bits per heavy atom. The highest BCUT2D eigenvalue weighted by Gasteiger charge is 2.15. The topological polar surface area (TPSA) is 32.3 Å². The van der Waals surface area contributed by atoms with Crippen LogP contribution in [0.15, 0.2) is 0 Å². The molecule has 0 saturated heterocycles. The summed E-state index contributed by atoms with van der Waals surface area (Å²) in [5.74, 6) is 0. The normalized spacial score (nSPS) is 23.5. The van der Waals surface area contributed by atoms with Crippen LogP contribution in [0.5, 0.6) is 0 Å². The van der Waals surface area contributed by atoms with Crippen molar-refractivity contribution in [3.05, 3.63) is 6.04 Å². The third-order valence-electron chi connectivity index (χ3n) is 1.12. The van der Waals surface area contributed by atoms with Crippen LogP contribution < -0.4 is 5.48 Å². The summed E-state index contributed by atoms with van der Waals surface area (Å²) >= 11 is 0. The maximum Gasteiger partial charge on any atom is 0.0633 e. The van der Waals surface area contributed by atoms with E-state index < -0.39 is 0 Å². The summed E-state index contributed by atoms with van der Waals surface area (Å²) in [6, 6.07) is 1.08. The number of hydroxylamine groups is 1. The van der Waals surface area contributed by atoms with E-state index in [1.807, 2.05) is 0 Å². The first-order valence-corrected chi connectivity index (χ1v) is 2.18. The molecule has 1 fully saturated rings. The molecule has 35 valence electrons. The average molecular weight is 86.1 g/mol. The van der Waals surface area contributed by atoms with Gasteiger partial charge in [-0.1, -0.05) is 0 Å². The molecule has 1 radical (unpaired) electrons. The van der Waals surface area contributed by atoms with Gasteiger partial charge in [0.15, 0.2) is 0 Å². The van der Waals surface area contributed by atoms with Crippen molar-refractivity contribution in [1.82, 2.24) is 5.48 Å². The predicted octanol–water partition coefficient (Wildman–Crippen LogP) is 0.681. The third-order valence-corrected chi connectivity index (χ3v) is 1.12. The first-order valence-electron chi connectivity index (χ1n) is 2.18. The Bertz CT molecular complexity index is 40.1. The smallest absolute Gasteiger partial charge is 0.0633 e. The second kappa shape index (κ2) is 1.58. The van der Waals surface area contributed by atoms with Gasteiger partial charge in [-0.2, -0.15) is 5.48 Å². The fraction of sp³-hybridized carbons (Fsp3) is 0.750. The number of nitrogens with one attached hydrogen (secondary N) is 1. The van der Waals surface area contributed by atoms with Gasteiger partial charge in [0.05, 0.1) is 6.04 Å². The zero-order valence-electron chi connectivity index (χ0n) is 3.57. The minimum absolute atomic E-state index is 1.07. The predicted molar refractivity (Wildman–Crippen MR) is 22.0 cm³/mol. The maximum absolute atomic E-state index is 8.10. The lowest BCUT2D eigenvalue weighted by molar-refractivity contribution is 0.143. The highest BCUT2D eigenvalue weighted by atomic mass is 16.5. The molecule has 0 heterocycles. The molecule has 1 saturated carbocycles. The molecule has 0 aliphatic heterocycles. The number of hydrogen-bond acceptors (Lipinski definition) is 2. The molecule has 1 rings (SSSR count). The molecular formula is C4H8NO. The number of hydrogen-bond donors (Lipinski definition) is 2. The zero-order valence-corrected chi connectivity index (χ0v) is 3.57. The van der Waals surface area contributed by atoms with Crippen molar-refractivity contribution in [3.8, 4) is 0 Å². The van der Waals surface area contributed by atoms with Gasteiger partial charge in [0.1, 0.15) is 0 Å². The van der Waals surface area contributed by atoms with Crippen LogP contribution in [0.1, 0.15) is 19.3 Å². The monoisotopic (exact) mass is 86.1 g/mol. The molecule has 2 N–H and O–H groups in total. The van der Waals surface area contributed by atoms with Crippen molar-refractivity contribution in [2.75, 3.05) is 0 Å². The van der Waals surface area contributed by atoms with Crippen LogP contribution in [0.25, 0.3) is 0 Å². The van der Waals surface area contributed by atoms with Gasteiger partial charge in [0, 0.05) is 0 Å². The van der Waals surface area contributed by atoms with Crippen LogP contribution in [0, 0.1) is 6.04 Å². The van der Waals surface area contributed by atoms with Gasteiger partial charge >= 0.3 is 0 Å². The van der Waals surface area contributed by atoms with Crippen molar-refractivity contribution in [2.45, 2.75) is 19.3 Å². The molecule has 0 atom stereocenters. The molecule has 2 heteroatoms. The van der Waals surface area contributed by atoms with E-state index in [9.17, 15) is 0 Å². The Kier molecular flexibility index (Phi) is 1.08. The van der Waals surface area contributed by atoms with Gasteiger partial charge in [-0.3, -0.25) is 0 Å². The molecule has 0 unspecified atom stereocenters. The molecule has 0 bridgehead atoms. The molecule has 0 spiro atoms. The Balaban J connectivity index is 2.01. The summed E-state index contributed by atoms with van der Waals surface area (Å²) in [6.07, 6.45) is 3.37. The molecule has 0 aromatic rings. The minimum Gasteiger partial charge on any atom is -0.316 e. The van der Waals surface area contributed by atoms with E-state index in [1.165, 1.54) is 6.42 Å². The van der Waals surface area contributed by atoms with Crippen LogP contribution in [0.2, 0.25) is 0 Å². The van der Waals surface area contributed by atoms with Gasteiger partial charge in [0.2, 0.25) is 0 Å². The molecule has 0 amide bonds. The SMILES string of the molecule is ON[C]1CCC1. The Hall–Kier alpha value is -0.0800. The summed E-state index contributed by atoms with van der Waals surface area (Å²) < 4.78 is 0. The van der Waals surface area contributed by atoms with E-state index >= 15 is 0 Å². The molecule has 0 aromatic heterocycles. The molecule has 1 aliphatic rings. The molecule has 2 nitrogen and oxygen atoms in total. The fourth-order valence-corrected chi connectivity index (χ4v) is 0.465. The van der Waals surface area contributed by atoms with Crippen LogP contribution in [-0.4, -0.2) is 5.21 Å². The first-order chi connectivity index (χ1) is 2.93. The van der Waals surface area contributed by atoms with Crippen LogP contribution in [0.4, 0.5) is 0 Å². The third kappa shape index (κ3) is 0.533. The molecular weight excluding hydrogens is 78.0 g/mol. The highest BCUT2D eigenvalue weighted by molar-refractivity contribution is 4.91. The molecule has 0 aromatic carbocycles. The van der Waals surface area contributed by atoms with Crippen molar-refractivity contribution >= 4 is 0 Å². The van der Waals surface area contributed by atoms with Gasteiger partial charge in [-0.05, 0) is 19.3 Å². The van der Waals surface area contributed by atoms with E-state index in [-0.39, 0.29) is 0 Å². The lowest BCUT2D eigenvalue weighted by Gasteiger charge is -2.21. The van der Waals surface area contributed by atoms with Crippen molar-refractivity contribution in [3.63, 3.8) is 0 Å². The first kappa shape index (κ1) is 4.09. The molecule has 1 aliphatic carbocycles. The summed E-state index contributed by atoms with van der Waals surface area (Å²) in [5.41, 5.74) is 2.12. The second-order valence-corrected chi connectivity index (χ2v) is 1.57. The Morgan fingerprint density at radius 3 is 2.17 bits per heavy atom. The largest absolute Gasteiger partial charge is 0.316 e. The standard InChI is InChI=1S/C4H8NO/c6-5-4-2-1-3-4/h5-6H,1-3H2. The van der Waals surface area contributed by atoms with E-state index in [1.54, 1.807) is 0 Å². The van der Waals surface area contributed by atoms with E-state index in [0.717, 1.165) is 18.9 Å².